The number of alkyl halides is 1. The number of carbonyl (C=O) groups is 2. The Morgan fingerprint density at radius 3 is 2.62 bits per heavy atom. The maximum atomic E-state index is 15.8. The highest BCUT2D eigenvalue weighted by Gasteiger charge is 2.60. The van der Waals surface area contributed by atoms with Gasteiger partial charge in [-0.25, -0.2) is 13.6 Å². The first-order chi connectivity index (χ1) is 12.1. The van der Waals surface area contributed by atoms with Crippen molar-refractivity contribution in [3.63, 3.8) is 0 Å². The first-order valence-electron chi connectivity index (χ1n) is 8.60. The second kappa shape index (κ2) is 7.31. The van der Waals surface area contributed by atoms with E-state index in [-0.39, 0.29) is 24.9 Å². The summed E-state index contributed by atoms with van der Waals surface area (Å²) in [6.07, 6.45) is -1.15. The van der Waals surface area contributed by atoms with Crippen molar-refractivity contribution in [3.8, 4) is 0 Å². The van der Waals surface area contributed by atoms with Crippen molar-refractivity contribution in [1.82, 2.24) is 5.32 Å². The molecule has 1 aliphatic rings. The maximum absolute atomic E-state index is 15.8. The molecule has 1 aromatic rings. The lowest BCUT2D eigenvalue weighted by atomic mass is 9.72. The molecule has 0 bridgehead atoms. The van der Waals surface area contributed by atoms with Gasteiger partial charge in [-0.15, -0.1) is 0 Å². The normalized spacial score (nSPS) is 29.1. The summed E-state index contributed by atoms with van der Waals surface area (Å²) >= 11 is 0. The van der Waals surface area contributed by atoms with Crippen molar-refractivity contribution in [2.75, 3.05) is 6.61 Å². The number of rotatable bonds is 4. The fraction of sp³-hybridized carbons (Fsp3) is 0.579. The van der Waals surface area contributed by atoms with E-state index in [1.807, 2.05) is 0 Å². The lowest BCUT2D eigenvalue weighted by molar-refractivity contribution is -0.153. The van der Waals surface area contributed by atoms with Gasteiger partial charge >= 0.3 is 6.09 Å². The predicted molar refractivity (Wildman–Crippen MR) is 92.0 cm³/mol. The number of hydrogen-bond donors (Lipinski definition) is 1. The molecule has 0 aromatic heterocycles. The third-order valence-electron chi connectivity index (χ3n) is 4.46. The van der Waals surface area contributed by atoms with E-state index in [9.17, 15) is 14.0 Å². The molecule has 0 aliphatic carbocycles. The number of alkyl carbamates (subject to hydrolysis) is 1. The molecule has 1 aromatic carbocycles. The molecule has 5 nitrogen and oxygen atoms in total. The first-order valence-corrected chi connectivity index (χ1v) is 8.60. The Kier molecular flexibility index (Phi) is 5.70. The largest absolute Gasteiger partial charge is 0.444 e. The molecule has 144 valence electrons. The van der Waals surface area contributed by atoms with Crippen LogP contribution in [0.25, 0.3) is 0 Å². The number of carbonyl (C=O) groups excluding carboxylic acids is 2. The number of benzene rings is 1. The maximum Gasteiger partial charge on any atom is 0.408 e. The van der Waals surface area contributed by atoms with Gasteiger partial charge in [0.2, 0.25) is 0 Å². The molecule has 0 unspecified atom stereocenters. The van der Waals surface area contributed by atoms with Gasteiger partial charge in [0.1, 0.15) is 17.0 Å². The Labute approximate surface area is 152 Å². The molecule has 0 radical (unpaired) electrons. The summed E-state index contributed by atoms with van der Waals surface area (Å²) in [7, 11) is 0. The van der Waals surface area contributed by atoms with Crippen LogP contribution in [-0.4, -0.2) is 36.4 Å². The van der Waals surface area contributed by atoms with Crippen LogP contribution in [0.4, 0.5) is 13.6 Å². The van der Waals surface area contributed by atoms with Crippen LogP contribution in [0.2, 0.25) is 0 Å². The molecule has 1 amide bonds. The number of aldehydes is 1. The molecule has 0 spiro atoms. The second-order valence-corrected chi connectivity index (χ2v) is 7.54. The van der Waals surface area contributed by atoms with E-state index in [4.69, 9.17) is 9.47 Å². The quantitative estimate of drug-likeness (QED) is 0.823. The number of ether oxygens (including phenoxy) is 2. The van der Waals surface area contributed by atoms with Crippen molar-refractivity contribution >= 4 is 12.4 Å². The van der Waals surface area contributed by atoms with Crippen LogP contribution < -0.4 is 5.32 Å². The van der Waals surface area contributed by atoms with Crippen LogP contribution in [0.15, 0.2) is 24.3 Å². The molecule has 26 heavy (non-hydrogen) atoms. The third-order valence-corrected chi connectivity index (χ3v) is 4.46. The fourth-order valence-electron chi connectivity index (χ4n) is 3.13. The lowest BCUT2D eigenvalue weighted by Gasteiger charge is -2.48. The summed E-state index contributed by atoms with van der Waals surface area (Å²) in [4.78, 5) is 24.1. The molecule has 1 aliphatic heterocycles. The predicted octanol–water partition coefficient (Wildman–Crippen LogP) is 3.65. The standard InChI is InChI=1S/C19H25F2NO4/c1-5-13-10-18(21,11-23)19(12-25-13,14-8-6-7-9-15(14)20)22-16(24)26-17(2,3)4/h6-9,11,13H,5,10,12H2,1-4H3,(H,22,24)/t13-,18+,19+/m0/s1. The van der Waals surface area contributed by atoms with E-state index in [1.54, 1.807) is 27.7 Å². The van der Waals surface area contributed by atoms with E-state index in [1.165, 1.54) is 18.2 Å². The molecule has 1 heterocycles. The zero-order valence-corrected chi connectivity index (χ0v) is 15.5. The van der Waals surface area contributed by atoms with Gasteiger partial charge in [-0.3, -0.25) is 4.79 Å². The molecule has 1 N–H and O–H groups in total. The van der Waals surface area contributed by atoms with E-state index in [2.05, 4.69) is 5.32 Å². The highest BCUT2D eigenvalue weighted by Crippen LogP contribution is 2.44. The van der Waals surface area contributed by atoms with Crippen LogP contribution in [-0.2, 0) is 19.8 Å². The minimum absolute atomic E-state index is 0.127. The number of nitrogens with one attached hydrogen (secondary N) is 1. The molecule has 3 atom stereocenters. The van der Waals surface area contributed by atoms with Crippen LogP contribution in [0.1, 0.15) is 46.1 Å². The Balaban J connectivity index is 2.54. The second-order valence-electron chi connectivity index (χ2n) is 7.54. The highest BCUT2D eigenvalue weighted by molar-refractivity contribution is 5.74. The lowest BCUT2D eigenvalue weighted by Crippen LogP contribution is -2.67. The average Bonchev–Trinajstić information content (AvgIpc) is 2.55. The van der Waals surface area contributed by atoms with Gasteiger partial charge in [-0.05, 0) is 33.3 Å². The summed E-state index contributed by atoms with van der Waals surface area (Å²) < 4.78 is 41.2. The zero-order valence-electron chi connectivity index (χ0n) is 15.5. The smallest absolute Gasteiger partial charge is 0.408 e. The van der Waals surface area contributed by atoms with E-state index in [0.717, 1.165) is 6.07 Å². The van der Waals surface area contributed by atoms with Crippen molar-refractivity contribution < 1.29 is 27.8 Å². The Bertz CT molecular complexity index is 676. The molecule has 0 saturated carbocycles. The molecule has 7 heteroatoms. The summed E-state index contributed by atoms with van der Waals surface area (Å²) in [6, 6.07) is 5.43. The van der Waals surface area contributed by atoms with Crippen LogP contribution in [0.3, 0.4) is 0 Å². The van der Waals surface area contributed by atoms with Gasteiger partial charge < -0.3 is 14.8 Å². The van der Waals surface area contributed by atoms with E-state index >= 15 is 4.39 Å². The van der Waals surface area contributed by atoms with Crippen LogP contribution >= 0.6 is 0 Å². The van der Waals surface area contributed by atoms with Gasteiger partial charge in [-0.2, -0.15) is 0 Å². The summed E-state index contributed by atoms with van der Waals surface area (Å²) in [6.45, 7) is 6.36. The molecule has 2 rings (SSSR count). The fourth-order valence-corrected chi connectivity index (χ4v) is 3.13. The molecular formula is C19H25F2NO4. The van der Waals surface area contributed by atoms with Gasteiger partial charge in [0.05, 0.1) is 12.7 Å². The van der Waals surface area contributed by atoms with Gasteiger partial charge in [0.15, 0.2) is 12.0 Å². The first kappa shape index (κ1) is 20.3. The monoisotopic (exact) mass is 369 g/mol. The number of amides is 1. The van der Waals surface area contributed by atoms with Crippen LogP contribution in [0, 0.1) is 5.82 Å². The molecule has 1 fully saturated rings. The highest BCUT2D eigenvalue weighted by atomic mass is 19.1. The summed E-state index contributed by atoms with van der Waals surface area (Å²) in [5, 5.41) is 2.40. The van der Waals surface area contributed by atoms with Gasteiger partial charge in [0.25, 0.3) is 0 Å². The summed E-state index contributed by atoms with van der Waals surface area (Å²) in [5.74, 6) is -0.744. The van der Waals surface area contributed by atoms with Crippen LogP contribution in [0.5, 0.6) is 0 Å². The van der Waals surface area contributed by atoms with E-state index < -0.39 is 34.8 Å². The van der Waals surface area contributed by atoms with E-state index in [0.29, 0.717) is 6.42 Å². The third kappa shape index (κ3) is 3.87. The average molecular weight is 369 g/mol. The minimum Gasteiger partial charge on any atom is -0.444 e. The minimum atomic E-state index is -2.55. The number of halogens is 2. The number of hydrogen-bond acceptors (Lipinski definition) is 4. The Hall–Kier alpha value is -2.02. The SMILES string of the molecule is CC[C@H]1C[C@@](F)(C=O)[C@](NC(=O)OC(C)(C)C)(c2ccccc2F)CO1. The zero-order chi connectivity index (χ0) is 19.6. The van der Waals surface area contributed by atoms with Crippen molar-refractivity contribution in [2.45, 2.75) is 63.4 Å². The van der Waals surface area contributed by atoms with Gasteiger partial charge in [0, 0.05) is 12.0 Å². The molecular weight excluding hydrogens is 344 g/mol. The Morgan fingerprint density at radius 1 is 1.42 bits per heavy atom. The van der Waals surface area contributed by atoms with Crippen molar-refractivity contribution in [2.24, 2.45) is 0 Å². The Morgan fingerprint density at radius 2 is 2.08 bits per heavy atom. The van der Waals surface area contributed by atoms with Crippen molar-refractivity contribution in [3.05, 3.63) is 35.6 Å². The topological polar surface area (TPSA) is 64.6 Å². The molecule has 1 saturated heterocycles. The summed E-state index contributed by atoms with van der Waals surface area (Å²) in [5.41, 5.74) is -5.57. The van der Waals surface area contributed by atoms with Gasteiger partial charge in [-0.1, -0.05) is 25.1 Å². The van der Waals surface area contributed by atoms with Crippen molar-refractivity contribution in [1.29, 1.82) is 0 Å².